The summed E-state index contributed by atoms with van der Waals surface area (Å²) in [7, 11) is 0. The molecule has 150 valence electrons. The topological polar surface area (TPSA) is 46.3 Å². The Bertz CT molecular complexity index is 966. The first kappa shape index (κ1) is 20.7. The lowest BCUT2D eigenvalue weighted by molar-refractivity contribution is -0.136. The molecular formula is C19H19F3N2O2S2. The Labute approximate surface area is 168 Å². The summed E-state index contributed by atoms with van der Waals surface area (Å²) >= 11 is 2.99. The standard InChI is InChI=1S/C19H19F3N2O2S2/c1-3-24(9-8-19(20,21)22)17(25)16-14(11-28-18-23-12(2)10-27-18)13-6-4-5-7-15(13)26-16/h4-7,10H,3,8-9,11H2,1-2H3. The van der Waals surface area contributed by atoms with Gasteiger partial charge in [0.15, 0.2) is 5.76 Å². The van der Waals surface area contributed by atoms with E-state index in [1.807, 2.05) is 24.4 Å². The zero-order valence-corrected chi connectivity index (χ0v) is 17.0. The maximum Gasteiger partial charge on any atom is 0.390 e. The average Bonchev–Trinajstić information content (AvgIpc) is 3.22. The summed E-state index contributed by atoms with van der Waals surface area (Å²) in [4.78, 5) is 18.5. The van der Waals surface area contributed by atoms with E-state index in [4.69, 9.17) is 4.42 Å². The molecule has 0 saturated heterocycles. The van der Waals surface area contributed by atoms with E-state index in [1.54, 1.807) is 19.1 Å². The molecule has 3 aromatic rings. The Kier molecular flexibility index (Phi) is 6.34. The number of thioether (sulfide) groups is 1. The van der Waals surface area contributed by atoms with Gasteiger partial charge in [-0.05, 0) is 19.9 Å². The third-order valence-electron chi connectivity index (χ3n) is 4.16. The number of aromatic nitrogens is 1. The van der Waals surface area contributed by atoms with Crippen LogP contribution in [0, 0.1) is 6.92 Å². The van der Waals surface area contributed by atoms with E-state index in [1.165, 1.54) is 28.0 Å². The fourth-order valence-electron chi connectivity index (χ4n) is 2.76. The molecule has 0 aliphatic rings. The first-order valence-electron chi connectivity index (χ1n) is 8.70. The Hall–Kier alpha value is -2.00. The monoisotopic (exact) mass is 428 g/mol. The number of thiazole rings is 1. The maximum absolute atomic E-state index is 12.9. The fourth-order valence-corrected chi connectivity index (χ4v) is 4.63. The van der Waals surface area contributed by atoms with Gasteiger partial charge >= 0.3 is 6.18 Å². The number of rotatable bonds is 7. The summed E-state index contributed by atoms with van der Waals surface area (Å²) in [6.45, 7) is 3.34. The second kappa shape index (κ2) is 8.57. The van der Waals surface area contributed by atoms with E-state index in [0.29, 0.717) is 16.9 Å². The number of aryl methyl sites for hydroxylation is 1. The van der Waals surface area contributed by atoms with Crippen LogP contribution in [0.3, 0.4) is 0 Å². The average molecular weight is 429 g/mol. The van der Waals surface area contributed by atoms with Crippen molar-refractivity contribution < 1.29 is 22.4 Å². The van der Waals surface area contributed by atoms with Crippen LogP contribution in [0.2, 0.25) is 0 Å². The summed E-state index contributed by atoms with van der Waals surface area (Å²) in [5, 5.41) is 2.73. The quantitative estimate of drug-likeness (QED) is 0.439. The summed E-state index contributed by atoms with van der Waals surface area (Å²) in [6, 6.07) is 7.24. The van der Waals surface area contributed by atoms with E-state index in [-0.39, 0.29) is 12.3 Å². The number of halogens is 3. The molecule has 0 unspecified atom stereocenters. The molecular weight excluding hydrogens is 409 g/mol. The van der Waals surface area contributed by atoms with Gasteiger partial charge in [-0.15, -0.1) is 11.3 Å². The number of hydrogen-bond donors (Lipinski definition) is 0. The van der Waals surface area contributed by atoms with Crippen molar-refractivity contribution in [3.05, 3.63) is 46.7 Å². The highest BCUT2D eigenvalue weighted by atomic mass is 32.2. The molecule has 0 fully saturated rings. The molecule has 9 heteroatoms. The Morgan fingerprint density at radius 2 is 2.07 bits per heavy atom. The van der Waals surface area contributed by atoms with E-state index in [2.05, 4.69) is 4.98 Å². The second-order valence-corrected chi connectivity index (χ2v) is 8.28. The largest absolute Gasteiger partial charge is 0.451 e. The highest BCUT2D eigenvalue weighted by molar-refractivity contribution is 8.00. The Morgan fingerprint density at radius 1 is 1.32 bits per heavy atom. The molecule has 28 heavy (non-hydrogen) atoms. The van der Waals surface area contributed by atoms with Crippen LogP contribution in [-0.2, 0) is 5.75 Å². The maximum atomic E-state index is 12.9. The van der Waals surface area contributed by atoms with Gasteiger partial charge in [0.05, 0.1) is 6.42 Å². The first-order chi connectivity index (χ1) is 13.3. The molecule has 1 aromatic carbocycles. The lowest BCUT2D eigenvalue weighted by Crippen LogP contribution is -2.34. The molecule has 4 nitrogen and oxygen atoms in total. The normalized spacial score (nSPS) is 11.9. The van der Waals surface area contributed by atoms with Gasteiger partial charge in [-0.2, -0.15) is 13.2 Å². The number of furan rings is 1. The minimum Gasteiger partial charge on any atom is -0.451 e. The van der Waals surface area contributed by atoms with Gasteiger partial charge in [0.2, 0.25) is 0 Å². The van der Waals surface area contributed by atoms with E-state index >= 15 is 0 Å². The van der Waals surface area contributed by atoms with Crippen molar-refractivity contribution in [1.29, 1.82) is 0 Å². The smallest absolute Gasteiger partial charge is 0.390 e. The predicted molar refractivity (Wildman–Crippen MR) is 105 cm³/mol. The highest BCUT2D eigenvalue weighted by Gasteiger charge is 2.31. The van der Waals surface area contributed by atoms with Gasteiger partial charge in [-0.25, -0.2) is 4.98 Å². The van der Waals surface area contributed by atoms with Crippen LogP contribution >= 0.6 is 23.1 Å². The molecule has 1 amide bonds. The van der Waals surface area contributed by atoms with Crippen LogP contribution in [-0.4, -0.2) is 35.1 Å². The van der Waals surface area contributed by atoms with Crippen molar-refractivity contribution in [2.75, 3.05) is 13.1 Å². The van der Waals surface area contributed by atoms with Crippen molar-refractivity contribution >= 4 is 40.0 Å². The molecule has 0 saturated carbocycles. The van der Waals surface area contributed by atoms with Gasteiger partial charge in [-0.1, -0.05) is 30.0 Å². The zero-order valence-electron chi connectivity index (χ0n) is 15.4. The molecule has 0 atom stereocenters. The first-order valence-corrected chi connectivity index (χ1v) is 10.6. The van der Waals surface area contributed by atoms with Crippen LogP contribution in [0.15, 0.2) is 38.4 Å². The number of amides is 1. The molecule has 0 spiro atoms. The molecule has 0 N–H and O–H groups in total. The van der Waals surface area contributed by atoms with Crippen molar-refractivity contribution in [2.24, 2.45) is 0 Å². The lowest BCUT2D eigenvalue weighted by atomic mass is 10.1. The number of para-hydroxylation sites is 1. The Balaban J connectivity index is 1.89. The van der Waals surface area contributed by atoms with Crippen LogP contribution in [0.4, 0.5) is 13.2 Å². The number of benzene rings is 1. The van der Waals surface area contributed by atoms with Crippen molar-refractivity contribution in [3.63, 3.8) is 0 Å². The molecule has 2 aromatic heterocycles. The van der Waals surface area contributed by atoms with Crippen molar-refractivity contribution in [3.8, 4) is 0 Å². The summed E-state index contributed by atoms with van der Waals surface area (Å²) in [5.74, 6) is 0.0295. The van der Waals surface area contributed by atoms with E-state index in [0.717, 1.165) is 15.4 Å². The number of alkyl halides is 3. The molecule has 0 aliphatic heterocycles. The molecule has 0 bridgehead atoms. The van der Waals surface area contributed by atoms with E-state index in [9.17, 15) is 18.0 Å². The third kappa shape index (κ3) is 4.88. The van der Waals surface area contributed by atoms with Gasteiger partial charge in [0.25, 0.3) is 5.91 Å². The van der Waals surface area contributed by atoms with Crippen LogP contribution in [0.25, 0.3) is 11.0 Å². The number of fused-ring (bicyclic) bond motifs is 1. The zero-order chi connectivity index (χ0) is 20.3. The third-order valence-corrected chi connectivity index (χ3v) is 6.33. The van der Waals surface area contributed by atoms with Crippen LogP contribution in [0.5, 0.6) is 0 Å². The second-order valence-electron chi connectivity index (χ2n) is 6.20. The van der Waals surface area contributed by atoms with Gasteiger partial charge in [0.1, 0.15) is 9.92 Å². The van der Waals surface area contributed by atoms with Crippen molar-refractivity contribution in [2.45, 2.75) is 36.5 Å². The molecule has 3 rings (SSSR count). The number of carbonyl (C=O) groups is 1. The highest BCUT2D eigenvalue weighted by Crippen LogP contribution is 2.34. The van der Waals surface area contributed by atoms with Gasteiger partial charge in [0, 0.05) is 40.9 Å². The number of carbonyl (C=O) groups excluding carboxylic acids is 1. The number of hydrogen-bond acceptors (Lipinski definition) is 5. The fraction of sp³-hybridized carbons (Fsp3) is 0.368. The molecule has 0 radical (unpaired) electrons. The van der Waals surface area contributed by atoms with Gasteiger partial charge in [-0.3, -0.25) is 4.79 Å². The minimum atomic E-state index is -4.32. The SMILES string of the molecule is CCN(CCC(F)(F)F)C(=O)c1oc2ccccc2c1CSc1nc(C)cs1. The Morgan fingerprint density at radius 3 is 2.71 bits per heavy atom. The summed E-state index contributed by atoms with van der Waals surface area (Å²) in [5.41, 5.74) is 2.15. The van der Waals surface area contributed by atoms with Crippen molar-refractivity contribution in [1.82, 2.24) is 9.88 Å². The molecule has 0 aliphatic carbocycles. The summed E-state index contributed by atoms with van der Waals surface area (Å²) in [6.07, 6.45) is -5.36. The predicted octanol–water partition coefficient (Wildman–Crippen LogP) is 5.90. The summed E-state index contributed by atoms with van der Waals surface area (Å²) < 4.78 is 44.4. The van der Waals surface area contributed by atoms with Gasteiger partial charge < -0.3 is 9.32 Å². The number of nitrogens with zero attached hydrogens (tertiary/aromatic N) is 2. The van der Waals surface area contributed by atoms with Crippen LogP contribution < -0.4 is 0 Å². The molecule has 2 heterocycles. The van der Waals surface area contributed by atoms with E-state index < -0.39 is 25.0 Å². The minimum absolute atomic E-state index is 0.103. The van der Waals surface area contributed by atoms with Crippen LogP contribution in [0.1, 0.15) is 35.2 Å². The lowest BCUT2D eigenvalue weighted by Gasteiger charge is -2.21.